The lowest BCUT2D eigenvalue weighted by Crippen LogP contribution is -2.28. The van der Waals surface area contributed by atoms with Crippen LogP contribution in [0.15, 0.2) is 71.3 Å². The van der Waals surface area contributed by atoms with Crippen molar-refractivity contribution in [2.45, 2.75) is 6.54 Å². The molecule has 0 aliphatic carbocycles. The van der Waals surface area contributed by atoms with Crippen LogP contribution in [0, 0.1) is 0 Å². The minimum Gasteiger partial charge on any atom is -0.497 e. The summed E-state index contributed by atoms with van der Waals surface area (Å²) in [5.74, 6) is 0.953. The monoisotopic (exact) mass is 380 g/mol. The van der Waals surface area contributed by atoms with Crippen LogP contribution in [0.5, 0.6) is 11.5 Å². The molecule has 3 aromatic rings. The van der Waals surface area contributed by atoms with E-state index in [9.17, 15) is 9.59 Å². The fourth-order valence-electron chi connectivity index (χ4n) is 2.38. The van der Waals surface area contributed by atoms with Crippen molar-refractivity contribution in [3.8, 4) is 11.5 Å². The normalized spacial score (nSPS) is 10.2. The van der Waals surface area contributed by atoms with Gasteiger partial charge >= 0.3 is 0 Å². The lowest BCUT2D eigenvalue weighted by Gasteiger charge is -2.09. The van der Waals surface area contributed by atoms with Crippen LogP contribution in [0.25, 0.3) is 0 Å². The van der Waals surface area contributed by atoms with Crippen molar-refractivity contribution < 1.29 is 23.5 Å². The maximum atomic E-state index is 11.9. The molecule has 144 valence electrons. The van der Waals surface area contributed by atoms with E-state index in [1.807, 2.05) is 24.3 Å². The number of benzene rings is 2. The Morgan fingerprint density at radius 1 is 0.964 bits per heavy atom. The van der Waals surface area contributed by atoms with E-state index in [2.05, 4.69) is 10.6 Å². The molecule has 2 amide bonds. The number of carbonyl (C=O) groups is 2. The molecule has 0 spiro atoms. The summed E-state index contributed by atoms with van der Waals surface area (Å²) >= 11 is 0. The Morgan fingerprint density at radius 3 is 2.32 bits per heavy atom. The van der Waals surface area contributed by atoms with Gasteiger partial charge in [-0.1, -0.05) is 12.1 Å². The van der Waals surface area contributed by atoms with E-state index >= 15 is 0 Å². The van der Waals surface area contributed by atoms with E-state index in [-0.39, 0.29) is 24.2 Å². The van der Waals surface area contributed by atoms with Crippen molar-refractivity contribution in [1.82, 2.24) is 5.32 Å². The van der Waals surface area contributed by atoms with Gasteiger partial charge in [0, 0.05) is 12.2 Å². The Kier molecular flexibility index (Phi) is 6.30. The predicted molar refractivity (Wildman–Crippen MR) is 103 cm³/mol. The molecule has 0 unspecified atom stereocenters. The van der Waals surface area contributed by atoms with E-state index < -0.39 is 0 Å². The SMILES string of the molecule is COc1ccc(CNC(=O)COc2ccc(NC(=O)c3ccco3)cc2)cc1. The van der Waals surface area contributed by atoms with Gasteiger partial charge < -0.3 is 24.5 Å². The summed E-state index contributed by atoms with van der Waals surface area (Å²) in [6, 6.07) is 17.4. The van der Waals surface area contributed by atoms with Gasteiger partial charge in [0.25, 0.3) is 11.8 Å². The molecule has 2 aromatic carbocycles. The van der Waals surface area contributed by atoms with E-state index in [0.717, 1.165) is 11.3 Å². The van der Waals surface area contributed by atoms with Crippen molar-refractivity contribution in [3.05, 3.63) is 78.3 Å². The number of hydrogen-bond acceptors (Lipinski definition) is 5. The largest absolute Gasteiger partial charge is 0.497 e. The molecule has 0 saturated carbocycles. The molecule has 1 aromatic heterocycles. The molecule has 7 heteroatoms. The maximum Gasteiger partial charge on any atom is 0.291 e. The number of methoxy groups -OCH3 is 1. The Bertz CT molecular complexity index is 903. The van der Waals surface area contributed by atoms with Crippen LogP contribution >= 0.6 is 0 Å². The summed E-state index contributed by atoms with van der Waals surface area (Å²) in [7, 11) is 1.60. The minimum atomic E-state index is -0.337. The first-order chi connectivity index (χ1) is 13.6. The van der Waals surface area contributed by atoms with Crippen molar-refractivity contribution in [2.24, 2.45) is 0 Å². The molecular formula is C21H20N2O5. The molecule has 0 saturated heterocycles. The average Bonchev–Trinajstić information content (AvgIpc) is 3.27. The summed E-state index contributed by atoms with van der Waals surface area (Å²) < 4.78 is 15.6. The van der Waals surface area contributed by atoms with Gasteiger partial charge in [0.1, 0.15) is 11.5 Å². The van der Waals surface area contributed by atoms with E-state index in [4.69, 9.17) is 13.9 Å². The minimum absolute atomic E-state index is 0.103. The topological polar surface area (TPSA) is 89.8 Å². The van der Waals surface area contributed by atoms with E-state index in [1.54, 1.807) is 43.5 Å². The highest BCUT2D eigenvalue weighted by Crippen LogP contribution is 2.17. The van der Waals surface area contributed by atoms with Crippen molar-refractivity contribution in [3.63, 3.8) is 0 Å². The third-order valence-corrected chi connectivity index (χ3v) is 3.88. The van der Waals surface area contributed by atoms with Gasteiger partial charge in [0.15, 0.2) is 12.4 Å². The standard InChI is InChI=1S/C21H20N2O5/c1-26-17-8-4-15(5-9-17)13-22-20(24)14-28-18-10-6-16(7-11-18)23-21(25)19-3-2-12-27-19/h2-12H,13-14H2,1H3,(H,22,24)(H,23,25). The number of amides is 2. The zero-order chi connectivity index (χ0) is 19.8. The first-order valence-corrected chi connectivity index (χ1v) is 8.61. The molecule has 0 atom stereocenters. The van der Waals surface area contributed by atoms with E-state index in [0.29, 0.717) is 18.0 Å². The lowest BCUT2D eigenvalue weighted by atomic mass is 10.2. The highest BCUT2D eigenvalue weighted by atomic mass is 16.5. The molecule has 2 N–H and O–H groups in total. The Balaban J connectivity index is 1.42. The smallest absolute Gasteiger partial charge is 0.291 e. The Labute approximate surface area is 162 Å². The number of carbonyl (C=O) groups excluding carboxylic acids is 2. The predicted octanol–water partition coefficient (Wildman–Crippen LogP) is 3.24. The van der Waals surface area contributed by atoms with Crippen LogP contribution in [0.4, 0.5) is 5.69 Å². The van der Waals surface area contributed by atoms with Gasteiger partial charge in [-0.25, -0.2) is 0 Å². The number of ether oxygens (including phenoxy) is 2. The molecular weight excluding hydrogens is 360 g/mol. The zero-order valence-electron chi connectivity index (χ0n) is 15.3. The fourth-order valence-corrected chi connectivity index (χ4v) is 2.38. The van der Waals surface area contributed by atoms with Crippen LogP contribution in [0.1, 0.15) is 16.1 Å². The summed E-state index contributed by atoms with van der Waals surface area (Å²) in [5.41, 5.74) is 1.56. The lowest BCUT2D eigenvalue weighted by molar-refractivity contribution is -0.123. The van der Waals surface area contributed by atoms with Crippen LogP contribution < -0.4 is 20.1 Å². The first-order valence-electron chi connectivity index (χ1n) is 8.61. The van der Waals surface area contributed by atoms with Gasteiger partial charge in [-0.15, -0.1) is 0 Å². The number of rotatable bonds is 8. The van der Waals surface area contributed by atoms with Crippen LogP contribution in [0.2, 0.25) is 0 Å². The molecule has 0 aliphatic rings. The molecule has 7 nitrogen and oxygen atoms in total. The molecule has 3 rings (SSSR count). The second-order valence-electron chi connectivity index (χ2n) is 5.87. The third-order valence-electron chi connectivity index (χ3n) is 3.88. The summed E-state index contributed by atoms with van der Waals surface area (Å²) in [6.07, 6.45) is 1.44. The molecule has 0 fully saturated rings. The third kappa shape index (κ3) is 5.38. The number of hydrogen-bond donors (Lipinski definition) is 2. The molecule has 1 heterocycles. The van der Waals surface area contributed by atoms with Crippen LogP contribution in [-0.4, -0.2) is 25.5 Å². The van der Waals surface area contributed by atoms with Gasteiger partial charge in [-0.2, -0.15) is 0 Å². The van der Waals surface area contributed by atoms with Gasteiger partial charge in [-0.3, -0.25) is 9.59 Å². The highest BCUT2D eigenvalue weighted by molar-refractivity contribution is 6.02. The maximum absolute atomic E-state index is 11.9. The number of furan rings is 1. The first kappa shape index (κ1) is 19.0. The molecule has 0 radical (unpaired) electrons. The van der Waals surface area contributed by atoms with Crippen molar-refractivity contribution >= 4 is 17.5 Å². The highest BCUT2D eigenvalue weighted by Gasteiger charge is 2.09. The molecule has 28 heavy (non-hydrogen) atoms. The van der Waals surface area contributed by atoms with Gasteiger partial charge in [0.2, 0.25) is 0 Å². The summed E-state index contributed by atoms with van der Waals surface area (Å²) in [6.45, 7) is 0.304. The molecule has 0 bridgehead atoms. The quantitative estimate of drug-likeness (QED) is 0.626. The van der Waals surface area contributed by atoms with E-state index in [1.165, 1.54) is 6.26 Å². The zero-order valence-corrected chi connectivity index (χ0v) is 15.3. The fraction of sp³-hybridized carbons (Fsp3) is 0.143. The van der Waals surface area contributed by atoms with Gasteiger partial charge in [0.05, 0.1) is 13.4 Å². The average molecular weight is 380 g/mol. The summed E-state index contributed by atoms with van der Waals surface area (Å²) in [4.78, 5) is 23.8. The number of anilines is 1. The van der Waals surface area contributed by atoms with Crippen LogP contribution in [0.3, 0.4) is 0 Å². The van der Waals surface area contributed by atoms with Crippen LogP contribution in [-0.2, 0) is 11.3 Å². The Morgan fingerprint density at radius 2 is 1.68 bits per heavy atom. The summed E-state index contributed by atoms with van der Waals surface area (Å²) in [5, 5.41) is 5.49. The van der Waals surface area contributed by atoms with Gasteiger partial charge in [-0.05, 0) is 54.1 Å². The van der Waals surface area contributed by atoms with Crippen molar-refractivity contribution in [2.75, 3.05) is 19.0 Å². The molecule has 0 aliphatic heterocycles. The number of nitrogens with one attached hydrogen (secondary N) is 2. The second-order valence-corrected chi connectivity index (χ2v) is 5.87. The second kappa shape index (κ2) is 9.27. The Hall–Kier alpha value is -3.74. The van der Waals surface area contributed by atoms with Crippen molar-refractivity contribution in [1.29, 1.82) is 0 Å².